The lowest BCUT2D eigenvalue weighted by Gasteiger charge is -2.20. The molecule has 0 fully saturated rings. The first kappa shape index (κ1) is 19.2. The van der Waals surface area contributed by atoms with Crippen molar-refractivity contribution in [3.05, 3.63) is 35.4 Å². The molecule has 0 spiro atoms. The molecule has 0 aliphatic carbocycles. The van der Waals surface area contributed by atoms with Gasteiger partial charge < -0.3 is 9.64 Å². The van der Waals surface area contributed by atoms with E-state index in [9.17, 15) is 18.0 Å². The summed E-state index contributed by atoms with van der Waals surface area (Å²) in [6.07, 6.45) is 1.32. The number of nitrogens with zero attached hydrogens (tertiary/aromatic N) is 1. The fourth-order valence-corrected chi connectivity index (χ4v) is 2.89. The van der Waals surface area contributed by atoms with Gasteiger partial charge in [0.25, 0.3) is 5.91 Å². The van der Waals surface area contributed by atoms with Crippen LogP contribution in [0.3, 0.4) is 0 Å². The molecule has 0 saturated heterocycles. The van der Waals surface area contributed by atoms with Gasteiger partial charge in [-0.05, 0) is 31.5 Å². The van der Waals surface area contributed by atoms with Crippen LogP contribution in [0.5, 0.6) is 0 Å². The fraction of sp³-hybridized carbons (Fsp3) is 0.500. The summed E-state index contributed by atoms with van der Waals surface area (Å²) in [7, 11) is -3.10. The van der Waals surface area contributed by atoms with Gasteiger partial charge in [-0.2, -0.15) is 0 Å². The van der Waals surface area contributed by atoms with Gasteiger partial charge in [-0.1, -0.05) is 12.1 Å². The Morgan fingerprint density at radius 3 is 2.22 bits per heavy atom. The normalized spacial score (nSPS) is 11.1. The Bertz CT molecular complexity index is 637. The van der Waals surface area contributed by atoms with Gasteiger partial charge in [-0.15, -0.1) is 0 Å². The first-order valence-corrected chi connectivity index (χ1v) is 9.54. The summed E-state index contributed by atoms with van der Waals surface area (Å²) < 4.78 is 27.4. The quantitative estimate of drug-likeness (QED) is 0.672. The third kappa shape index (κ3) is 6.81. The maximum absolute atomic E-state index is 12.4. The van der Waals surface area contributed by atoms with Crippen molar-refractivity contribution in [2.45, 2.75) is 26.0 Å². The molecule has 23 heavy (non-hydrogen) atoms. The van der Waals surface area contributed by atoms with Gasteiger partial charge in [0.2, 0.25) is 0 Å². The Labute approximate surface area is 137 Å². The minimum atomic E-state index is -3.10. The lowest BCUT2D eigenvalue weighted by atomic mass is 10.1. The molecule has 0 radical (unpaired) electrons. The van der Waals surface area contributed by atoms with Crippen molar-refractivity contribution in [3.63, 3.8) is 0 Å². The first-order chi connectivity index (χ1) is 10.8. The van der Waals surface area contributed by atoms with E-state index in [-0.39, 0.29) is 24.1 Å². The van der Waals surface area contributed by atoms with Gasteiger partial charge in [0.1, 0.15) is 0 Å². The Hall–Kier alpha value is -1.89. The van der Waals surface area contributed by atoms with Crippen LogP contribution in [0.15, 0.2) is 24.3 Å². The summed E-state index contributed by atoms with van der Waals surface area (Å²) in [5.41, 5.74) is 1.10. The Morgan fingerprint density at radius 2 is 1.74 bits per heavy atom. The van der Waals surface area contributed by atoms with Crippen LogP contribution in [0.1, 0.15) is 36.2 Å². The first-order valence-electron chi connectivity index (χ1n) is 7.48. The molecule has 1 aromatic carbocycles. The molecule has 0 aliphatic heterocycles. The number of sulfone groups is 1. The van der Waals surface area contributed by atoms with E-state index in [0.717, 1.165) is 0 Å². The van der Waals surface area contributed by atoms with Crippen LogP contribution in [-0.4, -0.2) is 51.1 Å². The van der Waals surface area contributed by atoms with Gasteiger partial charge in [-0.3, -0.25) is 9.59 Å². The number of hydrogen-bond donors (Lipinski definition) is 0. The van der Waals surface area contributed by atoms with E-state index in [0.29, 0.717) is 30.8 Å². The highest BCUT2D eigenvalue weighted by molar-refractivity contribution is 7.89. The Kier molecular flexibility index (Phi) is 7.22. The molecule has 0 saturated carbocycles. The van der Waals surface area contributed by atoms with Crippen LogP contribution in [0.2, 0.25) is 0 Å². The molecule has 0 atom stereocenters. The zero-order valence-corrected chi connectivity index (χ0v) is 14.6. The average Bonchev–Trinajstić information content (AvgIpc) is 2.47. The molecule has 1 amide bonds. The molecule has 0 unspecified atom stereocenters. The van der Waals surface area contributed by atoms with Gasteiger partial charge >= 0.3 is 5.97 Å². The van der Waals surface area contributed by atoms with Gasteiger partial charge in [-0.25, -0.2) is 8.42 Å². The van der Waals surface area contributed by atoms with Crippen molar-refractivity contribution in [3.8, 4) is 0 Å². The maximum Gasteiger partial charge on any atom is 0.307 e. The SMILES string of the molecule is CCOC(=O)CCN(CC)C(=O)c1ccc(CS(C)(=O)=O)cc1. The number of hydrogen-bond acceptors (Lipinski definition) is 5. The summed E-state index contributed by atoms with van der Waals surface area (Å²) in [6, 6.07) is 6.48. The van der Waals surface area contributed by atoms with E-state index in [1.54, 1.807) is 36.1 Å². The zero-order valence-electron chi connectivity index (χ0n) is 13.7. The van der Waals surface area contributed by atoms with Crippen molar-refractivity contribution in [2.24, 2.45) is 0 Å². The minimum absolute atomic E-state index is 0.0537. The predicted molar refractivity (Wildman–Crippen MR) is 87.8 cm³/mol. The number of rotatable bonds is 8. The van der Waals surface area contributed by atoms with E-state index in [1.165, 1.54) is 6.26 Å². The topological polar surface area (TPSA) is 80.8 Å². The van der Waals surface area contributed by atoms with Gasteiger partial charge in [0.15, 0.2) is 9.84 Å². The van der Waals surface area contributed by atoms with Gasteiger partial charge in [0, 0.05) is 24.9 Å². The van der Waals surface area contributed by atoms with Crippen molar-refractivity contribution in [2.75, 3.05) is 26.0 Å². The molecule has 0 heterocycles. The second-order valence-electron chi connectivity index (χ2n) is 5.21. The Morgan fingerprint density at radius 1 is 1.13 bits per heavy atom. The number of esters is 1. The highest BCUT2D eigenvalue weighted by Crippen LogP contribution is 2.11. The molecule has 0 bridgehead atoms. The number of carbonyl (C=O) groups is 2. The summed E-state index contributed by atoms with van der Waals surface area (Å²) in [5.74, 6) is -0.577. The van der Waals surface area contributed by atoms with Crippen LogP contribution < -0.4 is 0 Å². The molecule has 6 nitrogen and oxygen atoms in total. The van der Waals surface area contributed by atoms with Crippen molar-refractivity contribution in [1.29, 1.82) is 0 Å². The van der Waals surface area contributed by atoms with E-state index in [2.05, 4.69) is 0 Å². The number of benzene rings is 1. The van der Waals surface area contributed by atoms with E-state index in [1.807, 2.05) is 6.92 Å². The predicted octanol–water partition coefficient (Wildman–Crippen LogP) is 1.65. The van der Waals surface area contributed by atoms with Crippen molar-refractivity contribution >= 4 is 21.7 Å². The summed E-state index contributed by atoms with van der Waals surface area (Å²) in [4.78, 5) is 25.3. The van der Waals surface area contributed by atoms with Crippen LogP contribution >= 0.6 is 0 Å². The monoisotopic (exact) mass is 341 g/mol. The summed E-state index contributed by atoms with van der Waals surface area (Å²) in [5, 5.41) is 0. The zero-order chi connectivity index (χ0) is 17.5. The molecule has 128 valence electrons. The van der Waals surface area contributed by atoms with E-state index < -0.39 is 9.84 Å². The highest BCUT2D eigenvalue weighted by Gasteiger charge is 2.16. The largest absolute Gasteiger partial charge is 0.466 e. The van der Waals surface area contributed by atoms with Crippen LogP contribution in [0.4, 0.5) is 0 Å². The van der Waals surface area contributed by atoms with Gasteiger partial charge in [0.05, 0.1) is 18.8 Å². The molecule has 7 heteroatoms. The third-order valence-corrected chi connectivity index (χ3v) is 4.05. The van der Waals surface area contributed by atoms with Crippen LogP contribution in [0, 0.1) is 0 Å². The highest BCUT2D eigenvalue weighted by atomic mass is 32.2. The number of amides is 1. The molecular formula is C16H23NO5S. The average molecular weight is 341 g/mol. The molecule has 0 aliphatic rings. The standard InChI is InChI=1S/C16H23NO5S/c1-4-17(11-10-15(18)22-5-2)16(19)14-8-6-13(7-9-14)12-23(3,20)21/h6-9H,4-5,10-12H2,1-3H3. The second kappa shape index (κ2) is 8.67. The summed E-state index contributed by atoms with van der Waals surface area (Å²) in [6.45, 7) is 4.66. The van der Waals surface area contributed by atoms with Crippen molar-refractivity contribution in [1.82, 2.24) is 4.90 Å². The van der Waals surface area contributed by atoms with E-state index in [4.69, 9.17) is 4.74 Å². The molecule has 0 aromatic heterocycles. The second-order valence-corrected chi connectivity index (χ2v) is 7.35. The molecule has 1 aromatic rings. The van der Waals surface area contributed by atoms with Crippen LogP contribution in [-0.2, 0) is 25.1 Å². The minimum Gasteiger partial charge on any atom is -0.466 e. The molecule has 1 rings (SSSR count). The molecular weight excluding hydrogens is 318 g/mol. The Balaban J connectivity index is 2.72. The van der Waals surface area contributed by atoms with Crippen molar-refractivity contribution < 1.29 is 22.7 Å². The maximum atomic E-state index is 12.4. The van der Waals surface area contributed by atoms with E-state index >= 15 is 0 Å². The summed E-state index contributed by atoms with van der Waals surface area (Å²) >= 11 is 0. The smallest absolute Gasteiger partial charge is 0.307 e. The fourth-order valence-electron chi connectivity index (χ4n) is 2.09. The third-order valence-electron chi connectivity index (χ3n) is 3.19. The molecule has 0 N–H and O–H groups in total. The number of ether oxygens (including phenoxy) is 1. The number of carbonyl (C=O) groups excluding carboxylic acids is 2. The lowest BCUT2D eigenvalue weighted by molar-refractivity contribution is -0.143. The lowest BCUT2D eigenvalue weighted by Crippen LogP contribution is -2.33. The van der Waals surface area contributed by atoms with Crippen LogP contribution in [0.25, 0.3) is 0 Å².